The number of aromatic nitrogens is 2. The fourth-order valence-electron chi connectivity index (χ4n) is 3.56. The van der Waals surface area contributed by atoms with Gasteiger partial charge in [-0.15, -0.1) is 0 Å². The molecule has 2 aliphatic carbocycles. The molecule has 6 nitrogen and oxygen atoms in total. The van der Waals surface area contributed by atoms with Crippen molar-refractivity contribution in [3.63, 3.8) is 0 Å². The number of H-pyrrole nitrogens is 1. The molecule has 1 aromatic carbocycles. The molecule has 126 valence electrons. The van der Waals surface area contributed by atoms with Crippen LogP contribution < -0.4 is 16.7 Å². The highest BCUT2D eigenvalue weighted by atomic mass is 16.2. The Kier molecular flexibility index (Phi) is 3.76. The first-order valence-corrected chi connectivity index (χ1v) is 8.56. The van der Waals surface area contributed by atoms with Crippen LogP contribution in [0.15, 0.2) is 41.5 Å². The molecular weight excluding hydrogens is 304 g/mol. The molecule has 24 heavy (non-hydrogen) atoms. The zero-order chi connectivity index (χ0) is 16.7. The van der Waals surface area contributed by atoms with Gasteiger partial charge in [-0.05, 0) is 67.7 Å². The van der Waals surface area contributed by atoms with Crippen LogP contribution in [-0.4, -0.2) is 21.5 Å². The van der Waals surface area contributed by atoms with Gasteiger partial charge in [0.2, 0.25) is 5.91 Å². The Bertz CT molecular complexity index is 772. The molecule has 0 aliphatic heterocycles. The van der Waals surface area contributed by atoms with Gasteiger partial charge in [-0.3, -0.25) is 9.36 Å². The van der Waals surface area contributed by atoms with E-state index in [9.17, 15) is 9.59 Å². The summed E-state index contributed by atoms with van der Waals surface area (Å²) < 4.78 is 1.51. The van der Waals surface area contributed by atoms with Gasteiger partial charge < -0.3 is 16.0 Å². The van der Waals surface area contributed by atoms with Crippen LogP contribution >= 0.6 is 0 Å². The Balaban J connectivity index is 1.44. The maximum absolute atomic E-state index is 12.5. The van der Waals surface area contributed by atoms with Gasteiger partial charge in [-0.2, -0.15) is 0 Å². The summed E-state index contributed by atoms with van der Waals surface area (Å²) in [7, 11) is 0. The van der Waals surface area contributed by atoms with Gasteiger partial charge in [-0.25, -0.2) is 4.79 Å². The second kappa shape index (κ2) is 5.94. The molecule has 4 N–H and O–H groups in total. The lowest BCUT2D eigenvalue weighted by atomic mass is 9.89. The molecular formula is C18H22N4O2. The molecule has 2 fully saturated rings. The Morgan fingerprint density at radius 2 is 1.79 bits per heavy atom. The standard InChI is InChI=1S/C18H22N4O2/c19-16(15(11-1-2-11)12-3-4-12)17(23)21-13-5-7-14(8-6-13)22-10-9-20-18(22)24/h5-12,15-16H,1-4,19H2,(H,20,24)(H,21,23). The van der Waals surface area contributed by atoms with Crippen LogP contribution in [0.1, 0.15) is 25.7 Å². The number of amides is 1. The number of carbonyl (C=O) groups excluding carboxylic acids is 1. The van der Waals surface area contributed by atoms with Crippen LogP contribution in [0.5, 0.6) is 0 Å². The van der Waals surface area contributed by atoms with E-state index in [1.165, 1.54) is 30.3 Å². The van der Waals surface area contributed by atoms with Gasteiger partial charge in [0.05, 0.1) is 11.7 Å². The van der Waals surface area contributed by atoms with Crippen molar-refractivity contribution in [2.75, 3.05) is 5.32 Å². The number of imidazole rings is 1. The van der Waals surface area contributed by atoms with Crippen LogP contribution in [-0.2, 0) is 4.79 Å². The number of anilines is 1. The Hall–Kier alpha value is -2.34. The van der Waals surface area contributed by atoms with Crippen LogP contribution in [0.4, 0.5) is 5.69 Å². The summed E-state index contributed by atoms with van der Waals surface area (Å²) in [6.07, 6.45) is 8.10. The molecule has 2 aliphatic rings. The molecule has 6 heteroatoms. The number of nitrogens with one attached hydrogen (secondary N) is 2. The lowest BCUT2D eigenvalue weighted by Gasteiger charge is -2.22. The van der Waals surface area contributed by atoms with Crippen LogP contribution in [0.25, 0.3) is 5.69 Å². The number of benzene rings is 1. The number of nitrogens with zero attached hydrogens (tertiary/aromatic N) is 1. The van der Waals surface area contributed by atoms with Crippen molar-refractivity contribution in [1.29, 1.82) is 0 Å². The molecule has 2 aromatic rings. The van der Waals surface area contributed by atoms with Gasteiger partial charge in [0.15, 0.2) is 0 Å². The van der Waals surface area contributed by atoms with E-state index in [4.69, 9.17) is 5.73 Å². The van der Waals surface area contributed by atoms with Crippen molar-refractivity contribution in [3.8, 4) is 5.69 Å². The van der Waals surface area contributed by atoms with E-state index in [1.54, 1.807) is 36.7 Å². The third-order valence-corrected chi connectivity index (χ3v) is 5.11. The number of hydrogen-bond acceptors (Lipinski definition) is 3. The largest absolute Gasteiger partial charge is 0.330 e. The minimum atomic E-state index is -0.433. The summed E-state index contributed by atoms with van der Waals surface area (Å²) in [4.78, 5) is 26.7. The SMILES string of the molecule is NC(C(=O)Nc1ccc(-n2cc[nH]c2=O)cc1)C(C1CC1)C1CC1. The summed E-state index contributed by atoms with van der Waals surface area (Å²) in [6.45, 7) is 0. The van der Waals surface area contributed by atoms with Gasteiger partial charge in [0.1, 0.15) is 0 Å². The van der Waals surface area contributed by atoms with Gasteiger partial charge >= 0.3 is 5.69 Å². The summed E-state index contributed by atoms with van der Waals surface area (Å²) >= 11 is 0. The van der Waals surface area contributed by atoms with E-state index in [0.717, 1.165) is 5.69 Å². The summed E-state index contributed by atoms with van der Waals surface area (Å²) in [6, 6.07) is 6.76. The number of aromatic amines is 1. The first-order valence-electron chi connectivity index (χ1n) is 8.56. The van der Waals surface area contributed by atoms with Gasteiger partial charge in [-0.1, -0.05) is 0 Å². The first kappa shape index (κ1) is 15.2. The van der Waals surface area contributed by atoms with E-state index in [1.807, 2.05) is 0 Å². The van der Waals surface area contributed by atoms with Crippen LogP contribution in [0.2, 0.25) is 0 Å². The fraction of sp³-hybridized carbons (Fsp3) is 0.444. The minimum Gasteiger partial charge on any atom is -0.325 e. The fourth-order valence-corrected chi connectivity index (χ4v) is 3.56. The number of hydrogen-bond donors (Lipinski definition) is 3. The summed E-state index contributed by atoms with van der Waals surface area (Å²) in [5.74, 6) is 1.51. The second-order valence-electron chi connectivity index (χ2n) is 6.95. The van der Waals surface area contributed by atoms with E-state index >= 15 is 0 Å². The van der Waals surface area contributed by atoms with Crippen molar-refractivity contribution in [2.24, 2.45) is 23.5 Å². The smallest absolute Gasteiger partial charge is 0.325 e. The van der Waals surface area contributed by atoms with E-state index < -0.39 is 6.04 Å². The monoisotopic (exact) mass is 326 g/mol. The van der Waals surface area contributed by atoms with Gasteiger partial charge in [0.25, 0.3) is 0 Å². The van der Waals surface area contributed by atoms with E-state index in [-0.39, 0.29) is 11.6 Å². The number of carbonyl (C=O) groups is 1. The highest BCUT2D eigenvalue weighted by Gasteiger charge is 2.46. The molecule has 2 saturated carbocycles. The van der Waals surface area contributed by atoms with Crippen molar-refractivity contribution >= 4 is 11.6 Å². The average Bonchev–Trinajstić information content (AvgIpc) is 3.50. The van der Waals surface area contributed by atoms with Crippen LogP contribution in [0.3, 0.4) is 0 Å². The molecule has 0 bridgehead atoms. The predicted octanol–water partition coefficient (Wildman–Crippen LogP) is 1.87. The number of rotatable bonds is 6. The third kappa shape index (κ3) is 3.01. The average molecular weight is 326 g/mol. The first-order chi connectivity index (χ1) is 11.6. The van der Waals surface area contributed by atoms with Crippen molar-refractivity contribution in [1.82, 2.24) is 9.55 Å². The molecule has 1 heterocycles. The Labute approximate surface area is 140 Å². The maximum atomic E-state index is 12.5. The molecule has 1 aromatic heterocycles. The van der Waals surface area contributed by atoms with Crippen LogP contribution in [0, 0.1) is 17.8 Å². The van der Waals surface area contributed by atoms with Gasteiger partial charge in [0, 0.05) is 18.1 Å². The zero-order valence-corrected chi connectivity index (χ0v) is 13.4. The molecule has 1 amide bonds. The van der Waals surface area contributed by atoms with Crippen molar-refractivity contribution < 1.29 is 4.79 Å². The minimum absolute atomic E-state index is 0.106. The molecule has 0 radical (unpaired) electrons. The van der Waals surface area contributed by atoms with E-state index in [0.29, 0.717) is 23.4 Å². The second-order valence-corrected chi connectivity index (χ2v) is 6.95. The maximum Gasteiger partial charge on any atom is 0.330 e. The van der Waals surface area contributed by atoms with E-state index in [2.05, 4.69) is 10.3 Å². The number of nitrogens with two attached hydrogens (primary N) is 1. The zero-order valence-electron chi connectivity index (χ0n) is 13.4. The topological polar surface area (TPSA) is 92.9 Å². The summed E-state index contributed by atoms with van der Waals surface area (Å²) in [5, 5.41) is 2.92. The Morgan fingerprint density at radius 1 is 1.17 bits per heavy atom. The lowest BCUT2D eigenvalue weighted by Crippen LogP contribution is -2.43. The summed E-state index contributed by atoms with van der Waals surface area (Å²) in [5.41, 5.74) is 7.52. The molecule has 1 atom stereocenters. The Morgan fingerprint density at radius 3 is 2.29 bits per heavy atom. The van der Waals surface area contributed by atoms with Crippen molar-refractivity contribution in [3.05, 3.63) is 47.1 Å². The predicted molar refractivity (Wildman–Crippen MR) is 91.9 cm³/mol. The third-order valence-electron chi connectivity index (χ3n) is 5.11. The van der Waals surface area contributed by atoms with Crippen molar-refractivity contribution in [2.45, 2.75) is 31.7 Å². The highest BCUT2D eigenvalue weighted by Crippen LogP contribution is 2.50. The quantitative estimate of drug-likeness (QED) is 0.756. The lowest BCUT2D eigenvalue weighted by molar-refractivity contribution is -0.118. The normalized spacial score (nSPS) is 18.6. The molecule has 0 spiro atoms. The molecule has 4 rings (SSSR count). The molecule has 0 saturated heterocycles. The molecule has 1 unspecified atom stereocenters. The highest BCUT2D eigenvalue weighted by molar-refractivity contribution is 5.95.